The van der Waals surface area contributed by atoms with Gasteiger partial charge >= 0.3 is 0 Å². The number of nitrogens with one attached hydrogen (secondary N) is 3. The van der Waals surface area contributed by atoms with Gasteiger partial charge in [-0.2, -0.15) is 0 Å². The molecule has 3 N–H and O–H groups in total. The SMILES string of the molecule is Cc1ccc(C(=O)NNC(=O)C2(C)CC3(C)CC(C)(C2)C(=O)NC3=O)cc1. The lowest BCUT2D eigenvalue weighted by Gasteiger charge is -2.53. The summed E-state index contributed by atoms with van der Waals surface area (Å²) < 4.78 is 0. The number of fused-ring (bicyclic) bond motifs is 2. The van der Waals surface area contributed by atoms with Crippen molar-refractivity contribution in [3.63, 3.8) is 0 Å². The smallest absolute Gasteiger partial charge is 0.269 e. The first-order chi connectivity index (χ1) is 12.5. The van der Waals surface area contributed by atoms with Crippen LogP contribution >= 0.6 is 0 Å². The highest BCUT2D eigenvalue weighted by atomic mass is 16.2. The molecule has 27 heavy (non-hydrogen) atoms. The number of hydrazine groups is 1. The van der Waals surface area contributed by atoms with Crippen molar-refractivity contribution in [3.05, 3.63) is 35.4 Å². The minimum absolute atomic E-state index is 0.306. The van der Waals surface area contributed by atoms with E-state index in [4.69, 9.17) is 0 Å². The maximum absolute atomic E-state index is 12.9. The van der Waals surface area contributed by atoms with Gasteiger partial charge in [-0.3, -0.25) is 35.3 Å². The van der Waals surface area contributed by atoms with Crippen LogP contribution in [0.5, 0.6) is 0 Å². The van der Waals surface area contributed by atoms with Gasteiger partial charge in [0.1, 0.15) is 0 Å². The first kappa shape index (κ1) is 19.1. The maximum Gasteiger partial charge on any atom is 0.269 e. The van der Waals surface area contributed by atoms with E-state index in [1.54, 1.807) is 32.9 Å². The second kappa shape index (κ2) is 6.18. The van der Waals surface area contributed by atoms with Gasteiger partial charge in [0.15, 0.2) is 0 Å². The lowest BCUT2D eigenvalue weighted by Crippen LogP contribution is -2.64. The fourth-order valence-electron chi connectivity index (χ4n) is 4.70. The zero-order chi connectivity index (χ0) is 20.0. The summed E-state index contributed by atoms with van der Waals surface area (Å²) in [7, 11) is 0. The zero-order valence-electron chi connectivity index (χ0n) is 16.1. The Morgan fingerprint density at radius 3 is 1.93 bits per heavy atom. The molecule has 1 aromatic rings. The monoisotopic (exact) mass is 371 g/mol. The molecule has 0 spiro atoms. The molecule has 3 rings (SSSR count). The van der Waals surface area contributed by atoms with E-state index in [1.165, 1.54) is 0 Å². The van der Waals surface area contributed by atoms with Crippen molar-refractivity contribution < 1.29 is 19.2 Å². The Morgan fingerprint density at radius 1 is 0.889 bits per heavy atom. The van der Waals surface area contributed by atoms with Gasteiger partial charge in [0.05, 0.1) is 5.41 Å². The molecule has 2 bridgehead atoms. The van der Waals surface area contributed by atoms with Crippen LogP contribution in [0.3, 0.4) is 0 Å². The Hall–Kier alpha value is -2.70. The van der Waals surface area contributed by atoms with Crippen LogP contribution < -0.4 is 16.2 Å². The normalized spacial score (nSPS) is 32.4. The molecular weight excluding hydrogens is 346 g/mol. The quantitative estimate of drug-likeness (QED) is 0.543. The highest BCUT2D eigenvalue weighted by Gasteiger charge is 2.60. The largest absolute Gasteiger partial charge is 0.296 e. The number of rotatable bonds is 2. The van der Waals surface area contributed by atoms with Crippen LogP contribution in [-0.2, 0) is 14.4 Å². The van der Waals surface area contributed by atoms with E-state index in [0.29, 0.717) is 24.8 Å². The van der Waals surface area contributed by atoms with Crippen LogP contribution in [0.1, 0.15) is 56.0 Å². The maximum atomic E-state index is 12.9. The molecule has 7 nitrogen and oxygen atoms in total. The predicted molar refractivity (Wildman–Crippen MR) is 98.1 cm³/mol. The van der Waals surface area contributed by atoms with Gasteiger partial charge < -0.3 is 0 Å². The Balaban J connectivity index is 1.74. The van der Waals surface area contributed by atoms with Gasteiger partial charge in [-0.1, -0.05) is 38.5 Å². The Kier molecular flexibility index (Phi) is 4.37. The number of amides is 4. The summed E-state index contributed by atoms with van der Waals surface area (Å²) in [4.78, 5) is 49.8. The second-order valence-electron chi connectivity index (χ2n) is 8.77. The third-order valence-electron chi connectivity index (χ3n) is 5.82. The fraction of sp³-hybridized carbons (Fsp3) is 0.500. The van der Waals surface area contributed by atoms with Crippen molar-refractivity contribution in [2.45, 2.75) is 47.0 Å². The Morgan fingerprint density at radius 2 is 1.41 bits per heavy atom. The summed E-state index contributed by atoms with van der Waals surface area (Å²) in [6, 6.07) is 6.97. The lowest BCUT2D eigenvalue weighted by atomic mass is 9.52. The average Bonchev–Trinajstić information content (AvgIpc) is 2.57. The van der Waals surface area contributed by atoms with Gasteiger partial charge in [0.2, 0.25) is 17.7 Å². The van der Waals surface area contributed by atoms with E-state index < -0.39 is 28.1 Å². The third-order valence-corrected chi connectivity index (χ3v) is 5.82. The predicted octanol–water partition coefficient (Wildman–Crippen LogP) is 1.62. The van der Waals surface area contributed by atoms with Crippen LogP contribution in [0.2, 0.25) is 0 Å². The number of hydrogen-bond acceptors (Lipinski definition) is 4. The van der Waals surface area contributed by atoms with Crippen molar-refractivity contribution in [1.29, 1.82) is 0 Å². The summed E-state index contributed by atoms with van der Waals surface area (Å²) in [6.45, 7) is 7.22. The van der Waals surface area contributed by atoms with Gasteiger partial charge in [0, 0.05) is 16.4 Å². The number of carbonyl (C=O) groups excluding carboxylic acids is 4. The van der Waals surface area contributed by atoms with E-state index in [2.05, 4.69) is 16.2 Å². The molecule has 2 aliphatic rings. The first-order valence-corrected chi connectivity index (χ1v) is 9.01. The van der Waals surface area contributed by atoms with Crippen LogP contribution in [0.15, 0.2) is 24.3 Å². The van der Waals surface area contributed by atoms with Crippen LogP contribution in [0.25, 0.3) is 0 Å². The van der Waals surface area contributed by atoms with E-state index in [9.17, 15) is 19.2 Å². The summed E-state index contributed by atoms with van der Waals surface area (Å²) in [6.07, 6.45) is 1.03. The molecular formula is C20H25N3O4. The molecule has 0 aromatic heterocycles. The number of benzene rings is 1. The van der Waals surface area contributed by atoms with E-state index in [-0.39, 0.29) is 11.8 Å². The number of hydrogen-bond donors (Lipinski definition) is 3. The summed E-state index contributed by atoms with van der Waals surface area (Å²) in [5.41, 5.74) is 3.82. The van der Waals surface area contributed by atoms with Crippen LogP contribution in [-0.4, -0.2) is 23.6 Å². The zero-order valence-corrected chi connectivity index (χ0v) is 16.1. The highest BCUT2D eigenvalue weighted by molar-refractivity contribution is 6.04. The van der Waals surface area contributed by atoms with Gasteiger partial charge in [-0.15, -0.1) is 0 Å². The molecule has 0 radical (unpaired) electrons. The number of carbonyl (C=O) groups is 4. The van der Waals surface area contributed by atoms with E-state index in [1.807, 2.05) is 19.1 Å². The molecule has 144 valence electrons. The molecule has 2 atom stereocenters. The van der Waals surface area contributed by atoms with Gasteiger partial charge in [-0.05, 0) is 38.3 Å². The topological polar surface area (TPSA) is 104 Å². The molecule has 1 aliphatic carbocycles. The summed E-state index contributed by atoms with van der Waals surface area (Å²) >= 11 is 0. The van der Waals surface area contributed by atoms with E-state index in [0.717, 1.165) is 5.56 Å². The lowest BCUT2D eigenvalue weighted by molar-refractivity contribution is -0.164. The van der Waals surface area contributed by atoms with Gasteiger partial charge in [0.25, 0.3) is 5.91 Å². The second-order valence-corrected chi connectivity index (χ2v) is 8.77. The van der Waals surface area contributed by atoms with Crippen molar-refractivity contribution in [1.82, 2.24) is 16.2 Å². The first-order valence-electron chi connectivity index (χ1n) is 9.01. The molecule has 2 fully saturated rings. The molecule has 1 heterocycles. The standard InChI is InChI=1S/C20H25N3O4/c1-12-5-7-13(8-6-12)14(24)22-23-17(27)20(4)10-18(2)9-19(3,11-20)16(26)21-15(18)25/h5-8H,9-11H2,1-4H3,(H,22,24)(H,23,27)(H,21,25,26). The third kappa shape index (κ3) is 3.34. The molecule has 4 amide bonds. The van der Waals surface area contributed by atoms with Crippen LogP contribution in [0.4, 0.5) is 0 Å². The molecule has 2 unspecified atom stereocenters. The van der Waals surface area contributed by atoms with Crippen molar-refractivity contribution >= 4 is 23.6 Å². The average molecular weight is 371 g/mol. The van der Waals surface area contributed by atoms with Crippen molar-refractivity contribution in [2.75, 3.05) is 0 Å². The Labute approximate surface area is 158 Å². The van der Waals surface area contributed by atoms with Crippen molar-refractivity contribution in [3.8, 4) is 0 Å². The molecule has 1 aliphatic heterocycles. The molecule has 1 saturated heterocycles. The number of piperidine rings is 1. The highest BCUT2D eigenvalue weighted by Crippen LogP contribution is 2.56. The minimum Gasteiger partial charge on any atom is -0.296 e. The minimum atomic E-state index is -0.949. The Bertz CT molecular complexity index is 804. The van der Waals surface area contributed by atoms with Crippen molar-refractivity contribution in [2.24, 2.45) is 16.2 Å². The number of imide groups is 1. The van der Waals surface area contributed by atoms with E-state index >= 15 is 0 Å². The summed E-state index contributed by atoms with van der Waals surface area (Å²) in [5.74, 6) is -1.50. The van der Waals surface area contributed by atoms with Crippen LogP contribution in [0, 0.1) is 23.2 Å². The van der Waals surface area contributed by atoms with Gasteiger partial charge in [-0.25, -0.2) is 0 Å². The molecule has 1 saturated carbocycles. The summed E-state index contributed by atoms with van der Waals surface area (Å²) in [5, 5.41) is 2.44. The molecule has 7 heteroatoms. The molecule has 1 aromatic carbocycles. The fourth-order valence-corrected chi connectivity index (χ4v) is 4.70. The number of aryl methyl sites for hydroxylation is 1.